The molecule has 2 aromatic carbocycles. The average molecular weight is 386 g/mol. The highest BCUT2D eigenvalue weighted by molar-refractivity contribution is 5.64. The Morgan fingerprint density at radius 2 is 1.54 bits per heavy atom. The van der Waals surface area contributed by atoms with Gasteiger partial charge in [-0.2, -0.15) is 0 Å². The fourth-order valence-corrected chi connectivity index (χ4v) is 2.93. The van der Waals surface area contributed by atoms with Crippen molar-refractivity contribution in [1.29, 1.82) is 0 Å². The largest absolute Gasteiger partial charge is 0.513 e. The third kappa shape index (κ3) is 4.94. The molecule has 0 spiro atoms. The Kier molecular flexibility index (Phi) is 6.37. The van der Waals surface area contributed by atoms with Crippen molar-refractivity contribution < 1.29 is 33.3 Å². The lowest BCUT2D eigenvalue weighted by Crippen LogP contribution is -2.19. The Labute approximate surface area is 163 Å². The summed E-state index contributed by atoms with van der Waals surface area (Å²) in [6, 6.07) is 12.6. The van der Waals surface area contributed by atoms with Crippen LogP contribution in [0.1, 0.15) is 30.9 Å². The van der Waals surface area contributed by atoms with Crippen molar-refractivity contribution in [2.75, 3.05) is 19.8 Å². The highest BCUT2D eigenvalue weighted by Gasteiger charge is 2.22. The summed E-state index contributed by atoms with van der Waals surface area (Å²) in [6.07, 6.45) is -0.667. The van der Waals surface area contributed by atoms with E-state index in [9.17, 15) is 9.59 Å². The molecule has 1 aliphatic rings. The number of hydrogen-bond donors (Lipinski definition) is 0. The van der Waals surface area contributed by atoms with Crippen molar-refractivity contribution >= 4 is 12.3 Å². The summed E-state index contributed by atoms with van der Waals surface area (Å²) in [5.74, 6) is 1.68. The Morgan fingerprint density at radius 3 is 2.18 bits per heavy atom. The zero-order valence-corrected chi connectivity index (χ0v) is 15.8. The zero-order chi connectivity index (χ0) is 19.9. The Bertz CT molecular complexity index is 829. The molecule has 7 heteroatoms. The number of fused-ring (bicyclic) bond motifs is 1. The van der Waals surface area contributed by atoms with Crippen molar-refractivity contribution in [3.63, 3.8) is 0 Å². The van der Waals surface area contributed by atoms with Crippen molar-refractivity contribution in [3.8, 4) is 17.2 Å². The molecule has 0 N–H and O–H groups in total. The van der Waals surface area contributed by atoms with Crippen molar-refractivity contribution in [2.24, 2.45) is 0 Å². The first kappa shape index (κ1) is 19.5. The minimum Gasteiger partial charge on any atom is -0.493 e. The normalized spacial score (nSPS) is 15.0. The first-order valence-electron chi connectivity index (χ1n) is 9.14. The minimum absolute atomic E-state index is 0.168. The Balaban J connectivity index is 1.63. The van der Waals surface area contributed by atoms with E-state index < -0.39 is 12.3 Å². The van der Waals surface area contributed by atoms with Gasteiger partial charge >= 0.3 is 12.3 Å². The lowest BCUT2D eigenvalue weighted by Gasteiger charge is -2.26. The standard InChI is InChI=1S/C21H22O7/c1-3-24-20(22)27-17-8-5-14(6-9-17)16-11-15-7-10-18(12-19(15)26-13-16)28-21(23)25-4-2/h5-10,12,16H,3-4,11,13H2,1-2H3. The second-order valence-electron chi connectivity index (χ2n) is 6.12. The van der Waals surface area contributed by atoms with E-state index in [1.54, 1.807) is 38.1 Å². The van der Waals surface area contributed by atoms with Crippen LogP contribution in [0.4, 0.5) is 9.59 Å². The van der Waals surface area contributed by atoms with Gasteiger partial charge in [0.1, 0.15) is 17.2 Å². The van der Waals surface area contributed by atoms with Gasteiger partial charge in [0.15, 0.2) is 0 Å². The van der Waals surface area contributed by atoms with Crippen LogP contribution in [0.2, 0.25) is 0 Å². The number of rotatable bonds is 5. The SMILES string of the molecule is CCOC(=O)Oc1ccc(C2COc3cc(OC(=O)OCC)ccc3C2)cc1. The van der Waals surface area contributed by atoms with E-state index in [2.05, 4.69) is 0 Å². The van der Waals surface area contributed by atoms with Gasteiger partial charge in [0, 0.05) is 12.0 Å². The molecule has 0 aromatic heterocycles. The predicted molar refractivity (Wildman–Crippen MR) is 100 cm³/mol. The van der Waals surface area contributed by atoms with Crippen LogP contribution >= 0.6 is 0 Å². The molecule has 0 radical (unpaired) electrons. The fourth-order valence-electron chi connectivity index (χ4n) is 2.93. The summed E-state index contributed by atoms with van der Waals surface area (Å²) in [6.45, 7) is 4.45. The van der Waals surface area contributed by atoms with Crippen molar-refractivity contribution in [1.82, 2.24) is 0 Å². The van der Waals surface area contributed by atoms with Gasteiger partial charge in [-0.05, 0) is 49.6 Å². The van der Waals surface area contributed by atoms with Crippen LogP contribution in [0.5, 0.6) is 17.2 Å². The molecule has 0 fully saturated rings. The summed E-state index contributed by atoms with van der Waals surface area (Å²) in [5.41, 5.74) is 2.10. The van der Waals surface area contributed by atoms with Crippen molar-refractivity contribution in [3.05, 3.63) is 53.6 Å². The van der Waals surface area contributed by atoms with Gasteiger partial charge in [-0.25, -0.2) is 9.59 Å². The van der Waals surface area contributed by atoms with E-state index in [0.29, 0.717) is 23.9 Å². The van der Waals surface area contributed by atoms with Gasteiger partial charge in [-0.1, -0.05) is 18.2 Å². The zero-order valence-electron chi connectivity index (χ0n) is 15.8. The average Bonchev–Trinajstić information content (AvgIpc) is 2.68. The lowest BCUT2D eigenvalue weighted by molar-refractivity contribution is 0.103. The molecule has 1 heterocycles. The molecular formula is C21H22O7. The second kappa shape index (κ2) is 9.12. The van der Waals surface area contributed by atoms with E-state index in [-0.39, 0.29) is 19.1 Å². The van der Waals surface area contributed by atoms with E-state index in [1.807, 2.05) is 18.2 Å². The van der Waals surface area contributed by atoms with Crippen molar-refractivity contribution in [2.45, 2.75) is 26.2 Å². The molecule has 7 nitrogen and oxygen atoms in total. The molecule has 148 valence electrons. The van der Waals surface area contributed by atoms with Crippen LogP contribution in [0, 0.1) is 0 Å². The Hall–Kier alpha value is -3.22. The molecular weight excluding hydrogens is 364 g/mol. The molecule has 0 saturated carbocycles. The van der Waals surface area contributed by atoms with Gasteiger partial charge in [-0.15, -0.1) is 0 Å². The molecule has 2 aromatic rings. The quantitative estimate of drug-likeness (QED) is 0.554. The molecule has 1 aliphatic heterocycles. The third-order valence-corrected chi connectivity index (χ3v) is 4.22. The van der Waals surface area contributed by atoms with Gasteiger partial charge in [0.05, 0.1) is 19.8 Å². The van der Waals surface area contributed by atoms with Crippen LogP contribution in [-0.2, 0) is 15.9 Å². The van der Waals surface area contributed by atoms with E-state index in [1.165, 1.54) is 0 Å². The maximum absolute atomic E-state index is 11.4. The van der Waals surface area contributed by atoms with Crippen LogP contribution in [0.15, 0.2) is 42.5 Å². The lowest BCUT2D eigenvalue weighted by atomic mass is 9.90. The van der Waals surface area contributed by atoms with E-state index >= 15 is 0 Å². The van der Waals surface area contributed by atoms with Crippen LogP contribution in [-0.4, -0.2) is 32.1 Å². The van der Waals surface area contributed by atoms with Crippen LogP contribution in [0.25, 0.3) is 0 Å². The van der Waals surface area contributed by atoms with Gasteiger partial charge in [0.25, 0.3) is 0 Å². The summed E-state index contributed by atoms with van der Waals surface area (Å²) >= 11 is 0. The molecule has 0 amide bonds. The number of carbonyl (C=O) groups excluding carboxylic acids is 2. The van der Waals surface area contributed by atoms with E-state index in [4.69, 9.17) is 23.7 Å². The first-order chi connectivity index (χ1) is 13.6. The van der Waals surface area contributed by atoms with Gasteiger partial charge < -0.3 is 23.7 Å². The summed E-state index contributed by atoms with van der Waals surface area (Å²) < 4.78 is 25.6. The first-order valence-corrected chi connectivity index (χ1v) is 9.14. The third-order valence-electron chi connectivity index (χ3n) is 4.22. The monoisotopic (exact) mass is 386 g/mol. The van der Waals surface area contributed by atoms with E-state index in [0.717, 1.165) is 17.5 Å². The molecule has 0 saturated heterocycles. The molecule has 3 rings (SSSR count). The maximum atomic E-state index is 11.4. The molecule has 1 unspecified atom stereocenters. The summed E-state index contributed by atoms with van der Waals surface area (Å²) in [4.78, 5) is 22.8. The topological polar surface area (TPSA) is 80.3 Å². The number of carbonyl (C=O) groups is 2. The van der Waals surface area contributed by atoms with Gasteiger partial charge in [-0.3, -0.25) is 0 Å². The number of benzene rings is 2. The van der Waals surface area contributed by atoms with Crippen LogP contribution in [0.3, 0.4) is 0 Å². The van der Waals surface area contributed by atoms with Gasteiger partial charge in [0.2, 0.25) is 0 Å². The minimum atomic E-state index is -0.735. The molecule has 1 atom stereocenters. The highest BCUT2D eigenvalue weighted by Crippen LogP contribution is 2.35. The Morgan fingerprint density at radius 1 is 0.929 bits per heavy atom. The number of ether oxygens (including phenoxy) is 5. The maximum Gasteiger partial charge on any atom is 0.513 e. The summed E-state index contributed by atoms with van der Waals surface area (Å²) in [5, 5.41) is 0. The molecule has 28 heavy (non-hydrogen) atoms. The molecule has 0 aliphatic carbocycles. The fraction of sp³-hybridized carbons (Fsp3) is 0.333. The predicted octanol–water partition coefficient (Wildman–Crippen LogP) is 4.48. The highest BCUT2D eigenvalue weighted by atomic mass is 16.7. The van der Waals surface area contributed by atoms with Crippen LogP contribution < -0.4 is 14.2 Å². The second-order valence-corrected chi connectivity index (χ2v) is 6.12. The smallest absolute Gasteiger partial charge is 0.493 e. The summed E-state index contributed by atoms with van der Waals surface area (Å²) in [7, 11) is 0. The number of hydrogen-bond acceptors (Lipinski definition) is 7. The molecule has 0 bridgehead atoms.